The molecule has 7 rings (SSSR count). The number of fused-ring (bicyclic) bond motifs is 2. The van der Waals surface area contributed by atoms with E-state index in [0.717, 1.165) is 11.1 Å². The van der Waals surface area contributed by atoms with E-state index in [1.807, 2.05) is 98.8 Å². The van der Waals surface area contributed by atoms with Gasteiger partial charge in [-0.2, -0.15) is 0 Å². The van der Waals surface area contributed by atoms with Crippen LogP contribution in [-0.2, 0) is 32.3 Å². The van der Waals surface area contributed by atoms with Crippen molar-refractivity contribution in [3.8, 4) is 0 Å². The van der Waals surface area contributed by atoms with Crippen LogP contribution >= 0.6 is 0 Å². The molecule has 0 radical (unpaired) electrons. The van der Waals surface area contributed by atoms with Crippen molar-refractivity contribution in [1.82, 2.24) is 29.7 Å². The number of ether oxygens (including phenoxy) is 1. The van der Waals surface area contributed by atoms with Crippen LogP contribution in [0.15, 0.2) is 110 Å². The van der Waals surface area contributed by atoms with Gasteiger partial charge in [0.2, 0.25) is 17.7 Å². The quantitative estimate of drug-likeness (QED) is 0.207. The molecule has 1 aromatic heterocycles. The van der Waals surface area contributed by atoms with Crippen molar-refractivity contribution in [3.05, 3.63) is 121 Å². The fourth-order valence-corrected chi connectivity index (χ4v) is 8.82. The Hall–Kier alpha value is -5.13. The molecule has 3 aliphatic rings. The first-order valence-corrected chi connectivity index (χ1v) is 17.5. The number of amides is 3. The van der Waals surface area contributed by atoms with Gasteiger partial charge in [-0.3, -0.25) is 14.4 Å². The van der Waals surface area contributed by atoms with E-state index < -0.39 is 41.7 Å². The molecule has 51 heavy (non-hydrogen) atoms. The summed E-state index contributed by atoms with van der Waals surface area (Å²) >= 11 is 0. The van der Waals surface area contributed by atoms with Crippen LogP contribution in [0.25, 0.3) is 11.0 Å². The molecule has 3 saturated heterocycles. The Labute approximate surface area is 297 Å². The third-order valence-corrected chi connectivity index (χ3v) is 11.2. The number of nitrogens with zero attached hydrogens (tertiary/aromatic N) is 6. The van der Waals surface area contributed by atoms with Crippen LogP contribution in [0, 0.1) is 17.8 Å². The van der Waals surface area contributed by atoms with Gasteiger partial charge in [0.1, 0.15) is 23.8 Å². The number of aliphatic hydroxyl groups is 1. The molecule has 2 bridgehead atoms. The molecule has 11 heteroatoms. The fourth-order valence-electron chi connectivity index (χ4n) is 8.82. The zero-order valence-corrected chi connectivity index (χ0v) is 29.0. The van der Waals surface area contributed by atoms with Crippen LogP contribution in [0.1, 0.15) is 37.4 Å². The lowest BCUT2D eigenvalue weighted by Crippen LogP contribution is -2.57. The Kier molecular flexibility index (Phi) is 9.11. The summed E-state index contributed by atoms with van der Waals surface area (Å²) in [5, 5.41) is 19.6. The SMILES string of the molecule is C=CCN(Cn1nnc2ccccc21)C(=O)C1N([C@H](CO)c2ccccc2)C(=O)[C@@H]2[C@@H](C(=O)N(CC=C)Cc3ccccc3)[C@]3(C)OC12CC3C. The lowest BCUT2D eigenvalue weighted by molar-refractivity contribution is -0.158. The van der Waals surface area contributed by atoms with Gasteiger partial charge in [-0.05, 0) is 42.5 Å². The van der Waals surface area contributed by atoms with Gasteiger partial charge in [0.05, 0.1) is 35.6 Å². The molecule has 1 spiro atoms. The Morgan fingerprint density at radius 1 is 0.980 bits per heavy atom. The summed E-state index contributed by atoms with van der Waals surface area (Å²) in [7, 11) is 0. The second-order valence-electron chi connectivity index (χ2n) is 14.1. The summed E-state index contributed by atoms with van der Waals surface area (Å²) in [6.07, 6.45) is 3.70. The maximum atomic E-state index is 15.2. The Morgan fingerprint density at radius 2 is 1.63 bits per heavy atom. The first kappa shape index (κ1) is 34.3. The van der Waals surface area contributed by atoms with Crippen LogP contribution in [0.5, 0.6) is 0 Å². The second kappa shape index (κ2) is 13.5. The largest absolute Gasteiger partial charge is 0.394 e. The number of carbonyl (C=O) groups excluding carboxylic acids is 3. The van der Waals surface area contributed by atoms with E-state index >= 15 is 9.59 Å². The normalized spacial score (nSPS) is 27.0. The molecule has 7 atom stereocenters. The van der Waals surface area contributed by atoms with Crippen LogP contribution in [-0.4, -0.2) is 89.5 Å². The molecule has 3 amide bonds. The number of rotatable bonds is 13. The number of para-hydroxylation sites is 1. The zero-order valence-electron chi connectivity index (χ0n) is 29.0. The second-order valence-corrected chi connectivity index (χ2v) is 14.1. The maximum absolute atomic E-state index is 15.2. The summed E-state index contributed by atoms with van der Waals surface area (Å²) in [6, 6.07) is 24.4. The van der Waals surface area contributed by atoms with E-state index in [4.69, 9.17) is 4.74 Å². The molecule has 0 aliphatic carbocycles. The first-order valence-electron chi connectivity index (χ1n) is 17.5. The maximum Gasteiger partial charge on any atom is 0.250 e. The van der Waals surface area contributed by atoms with Gasteiger partial charge in [0, 0.05) is 19.6 Å². The molecule has 264 valence electrons. The number of hydrogen-bond donors (Lipinski definition) is 1. The van der Waals surface area contributed by atoms with Gasteiger partial charge in [-0.25, -0.2) is 4.68 Å². The highest BCUT2D eigenvalue weighted by molar-refractivity contribution is 5.99. The van der Waals surface area contributed by atoms with Gasteiger partial charge >= 0.3 is 0 Å². The average molecular weight is 689 g/mol. The monoisotopic (exact) mass is 688 g/mol. The number of aliphatic hydroxyl groups excluding tert-OH is 1. The van der Waals surface area contributed by atoms with E-state index in [2.05, 4.69) is 23.5 Å². The molecule has 3 aliphatic heterocycles. The van der Waals surface area contributed by atoms with Crippen molar-refractivity contribution in [2.45, 2.75) is 56.8 Å². The average Bonchev–Trinajstić information content (AvgIpc) is 3.82. The fraction of sp³-hybridized carbons (Fsp3) is 0.375. The van der Waals surface area contributed by atoms with Crippen LogP contribution in [0.2, 0.25) is 0 Å². The van der Waals surface area contributed by atoms with Crippen molar-refractivity contribution >= 4 is 28.8 Å². The predicted octanol–water partition coefficient (Wildman–Crippen LogP) is 4.36. The molecule has 4 aromatic rings. The number of likely N-dealkylation sites (tertiary alicyclic amines) is 1. The van der Waals surface area contributed by atoms with Gasteiger partial charge < -0.3 is 24.5 Å². The molecular weight excluding hydrogens is 644 g/mol. The van der Waals surface area contributed by atoms with Crippen molar-refractivity contribution < 1.29 is 24.2 Å². The van der Waals surface area contributed by atoms with E-state index in [-0.39, 0.29) is 43.4 Å². The van der Waals surface area contributed by atoms with Crippen molar-refractivity contribution in [3.63, 3.8) is 0 Å². The molecule has 3 fully saturated rings. The molecule has 1 N–H and O–H groups in total. The lowest BCUT2D eigenvalue weighted by atomic mass is 9.62. The van der Waals surface area contributed by atoms with E-state index in [9.17, 15) is 9.90 Å². The third kappa shape index (κ3) is 5.55. The van der Waals surface area contributed by atoms with Crippen LogP contribution in [0.3, 0.4) is 0 Å². The van der Waals surface area contributed by atoms with E-state index in [1.54, 1.807) is 26.6 Å². The minimum absolute atomic E-state index is 0.0408. The number of carbonyl (C=O) groups is 3. The first-order chi connectivity index (χ1) is 24.7. The molecule has 4 heterocycles. The smallest absolute Gasteiger partial charge is 0.250 e. The number of benzene rings is 3. The Balaban J connectivity index is 1.34. The Bertz CT molecular complexity index is 1950. The highest BCUT2D eigenvalue weighted by atomic mass is 16.5. The summed E-state index contributed by atoms with van der Waals surface area (Å²) < 4.78 is 8.72. The lowest BCUT2D eigenvalue weighted by Gasteiger charge is -2.39. The Morgan fingerprint density at radius 3 is 2.31 bits per heavy atom. The number of hydrogen-bond acceptors (Lipinski definition) is 7. The summed E-state index contributed by atoms with van der Waals surface area (Å²) in [6.45, 7) is 12.1. The van der Waals surface area contributed by atoms with Gasteiger partial charge in [0.15, 0.2) is 0 Å². The molecule has 3 aromatic carbocycles. The van der Waals surface area contributed by atoms with E-state index in [1.165, 1.54) is 4.90 Å². The minimum atomic E-state index is -1.33. The number of aromatic nitrogens is 3. The van der Waals surface area contributed by atoms with Crippen molar-refractivity contribution in [1.29, 1.82) is 0 Å². The highest BCUT2D eigenvalue weighted by Gasteiger charge is 2.80. The molecule has 11 nitrogen and oxygen atoms in total. The molecular formula is C40H44N6O5. The van der Waals surface area contributed by atoms with Gasteiger partial charge in [-0.15, -0.1) is 18.3 Å². The zero-order chi connectivity index (χ0) is 35.9. The third-order valence-electron chi connectivity index (χ3n) is 11.2. The van der Waals surface area contributed by atoms with Gasteiger partial charge in [-0.1, -0.05) is 97.1 Å². The van der Waals surface area contributed by atoms with Crippen molar-refractivity contribution in [2.24, 2.45) is 17.8 Å². The summed E-state index contributed by atoms with van der Waals surface area (Å²) in [4.78, 5) is 50.1. The predicted molar refractivity (Wildman–Crippen MR) is 191 cm³/mol. The highest BCUT2D eigenvalue weighted by Crippen LogP contribution is 2.66. The van der Waals surface area contributed by atoms with E-state index in [0.29, 0.717) is 24.0 Å². The molecule has 0 saturated carbocycles. The summed E-state index contributed by atoms with van der Waals surface area (Å²) in [5.41, 5.74) is 0.700. The summed E-state index contributed by atoms with van der Waals surface area (Å²) in [5.74, 6) is -2.98. The van der Waals surface area contributed by atoms with Crippen molar-refractivity contribution in [2.75, 3.05) is 19.7 Å². The van der Waals surface area contributed by atoms with Gasteiger partial charge in [0.25, 0.3) is 0 Å². The van der Waals surface area contributed by atoms with Crippen LogP contribution < -0.4 is 0 Å². The standard InChI is InChI=1S/C40H44N6O5/c1-5-21-43(24-28-15-9-7-10-16-28)36(48)33-34-37(49)46(32(25-47)29-17-11-8-12-18-29)35(40(34)23-27(3)39(33,4)51-40)38(50)44(22-6-2)26-45-31-20-14-13-19-30(31)41-42-45/h5-20,27,32-35,47H,1-2,21-26H2,3-4H3/t27?,32-,33+,34+,35?,39-,40?/m1/s1. The molecule has 3 unspecified atom stereocenters. The topological polar surface area (TPSA) is 121 Å². The van der Waals surface area contributed by atoms with Crippen LogP contribution in [0.4, 0.5) is 0 Å². The minimum Gasteiger partial charge on any atom is -0.394 e.